The molecule has 0 heterocycles. The van der Waals surface area contributed by atoms with E-state index in [4.69, 9.17) is 5.26 Å². The van der Waals surface area contributed by atoms with Crippen LogP contribution in [0.15, 0.2) is 71.7 Å². The second-order valence-corrected chi connectivity index (χ2v) is 4.49. The highest BCUT2D eigenvalue weighted by Crippen LogP contribution is 2.26. The minimum absolute atomic E-state index is 0.648. The van der Waals surface area contributed by atoms with Crippen molar-refractivity contribution in [3.63, 3.8) is 0 Å². The van der Waals surface area contributed by atoms with Gasteiger partial charge in [0.1, 0.15) is 0 Å². The monoisotopic (exact) mass is 256 g/mol. The van der Waals surface area contributed by atoms with E-state index in [0.717, 1.165) is 11.3 Å². The van der Waals surface area contributed by atoms with Gasteiger partial charge in [0, 0.05) is 11.8 Å². The van der Waals surface area contributed by atoms with Crippen LogP contribution in [0.1, 0.15) is 11.1 Å². The van der Waals surface area contributed by atoms with Gasteiger partial charge in [0.2, 0.25) is 0 Å². The Morgan fingerprint density at radius 3 is 2.45 bits per heavy atom. The zero-order chi connectivity index (χ0) is 13.8. The van der Waals surface area contributed by atoms with Crippen LogP contribution in [0.3, 0.4) is 0 Å². The van der Waals surface area contributed by atoms with Gasteiger partial charge in [-0.3, -0.25) is 4.99 Å². The lowest BCUT2D eigenvalue weighted by atomic mass is 10.1. The highest BCUT2D eigenvalue weighted by atomic mass is 14.7. The Kier molecular flexibility index (Phi) is 3.26. The summed E-state index contributed by atoms with van der Waals surface area (Å²) < 4.78 is 0. The first kappa shape index (κ1) is 12.1. The molecule has 0 amide bonds. The highest BCUT2D eigenvalue weighted by Gasteiger charge is 2.04. The van der Waals surface area contributed by atoms with E-state index >= 15 is 0 Å². The third-order valence-electron chi connectivity index (χ3n) is 3.17. The second kappa shape index (κ2) is 5.38. The maximum atomic E-state index is 8.76. The van der Waals surface area contributed by atoms with Crippen LogP contribution >= 0.6 is 0 Å². The summed E-state index contributed by atoms with van der Waals surface area (Å²) in [7, 11) is 0. The first-order chi connectivity index (χ1) is 9.86. The van der Waals surface area contributed by atoms with Gasteiger partial charge in [0.05, 0.1) is 17.3 Å². The molecule has 0 aliphatic heterocycles. The van der Waals surface area contributed by atoms with Gasteiger partial charge in [0.15, 0.2) is 0 Å². The largest absolute Gasteiger partial charge is 0.256 e. The lowest BCUT2D eigenvalue weighted by Gasteiger charge is -1.96. The molecule has 2 heteroatoms. The average Bonchev–Trinajstić information content (AvgIpc) is 2.72. The maximum Gasteiger partial charge on any atom is 0.0991 e. The van der Waals surface area contributed by atoms with Gasteiger partial charge in [0.25, 0.3) is 0 Å². The quantitative estimate of drug-likeness (QED) is 0.625. The summed E-state index contributed by atoms with van der Waals surface area (Å²) in [6.07, 6.45) is 1.86. The van der Waals surface area contributed by atoms with Gasteiger partial charge < -0.3 is 0 Å². The molecule has 0 unspecified atom stereocenters. The minimum Gasteiger partial charge on any atom is -0.256 e. The predicted octanol–water partition coefficient (Wildman–Crippen LogP) is 4.41. The lowest BCUT2D eigenvalue weighted by molar-refractivity contribution is 1.46. The molecule has 2 nitrogen and oxygen atoms in total. The normalized spacial score (nSPS) is 10.8. The van der Waals surface area contributed by atoms with Crippen molar-refractivity contribution in [2.45, 2.75) is 0 Å². The molecule has 94 valence electrons. The molecule has 2 aliphatic rings. The number of nitriles is 1. The molecule has 3 rings (SSSR count). The molecule has 1 aromatic rings. The van der Waals surface area contributed by atoms with Crippen molar-refractivity contribution in [3.8, 4) is 17.2 Å². The molecule has 0 radical (unpaired) electrons. The fourth-order valence-electron chi connectivity index (χ4n) is 2.12. The number of rotatable bonds is 2. The zero-order valence-corrected chi connectivity index (χ0v) is 10.8. The molecule has 0 fully saturated rings. The number of hydrogen-bond donors (Lipinski definition) is 0. The summed E-state index contributed by atoms with van der Waals surface area (Å²) in [5.74, 6) is 0. The van der Waals surface area contributed by atoms with Gasteiger partial charge in [-0.25, -0.2) is 0 Å². The minimum atomic E-state index is 0.648. The number of aliphatic imine (C=N–C) groups is 1. The van der Waals surface area contributed by atoms with Crippen molar-refractivity contribution in [2.75, 3.05) is 0 Å². The molecule has 2 aliphatic carbocycles. The van der Waals surface area contributed by atoms with E-state index in [1.54, 1.807) is 12.1 Å². The van der Waals surface area contributed by atoms with Crippen LogP contribution in [0.5, 0.6) is 0 Å². The molecule has 0 saturated heterocycles. The van der Waals surface area contributed by atoms with E-state index in [0.29, 0.717) is 5.56 Å². The van der Waals surface area contributed by atoms with Gasteiger partial charge in [-0.2, -0.15) is 5.26 Å². The van der Waals surface area contributed by atoms with Crippen molar-refractivity contribution in [1.29, 1.82) is 5.26 Å². The van der Waals surface area contributed by atoms with E-state index in [-0.39, 0.29) is 0 Å². The molecular formula is C18H12N2. The Morgan fingerprint density at radius 2 is 1.65 bits per heavy atom. The third-order valence-corrected chi connectivity index (χ3v) is 3.17. The average molecular weight is 256 g/mol. The molecule has 0 aromatic heterocycles. The Labute approximate surface area is 118 Å². The summed E-state index contributed by atoms with van der Waals surface area (Å²) in [5, 5.41) is 8.76. The molecule has 0 N–H and O–H groups in total. The SMILES string of the molecule is N#Cc1ccc(N=Cc2ccc3cccccc2-3)cc1. The van der Waals surface area contributed by atoms with Crippen LogP contribution in [0, 0.1) is 11.3 Å². The maximum absolute atomic E-state index is 8.76. The van der Waals surface area contributed by atoms with Gasteiger partial charge in [-0.05, 0) is 35.4 Å². The van der Waals surface area contributed by atoms with Crippen molar-refractivity contribution in [3.05, 3.63) is 77.9 Å². The smallest absolute Gasteiger partial charge is 0.0991 e. The molecular weight excluding hydrogens is 244 g/mol. The Balaban J connectivity index is 1.90. The Hall–Kier alpha value is -2.92. The van der Waals surface area contributed by atoms with E-state index in [1.165, 1.54) is 11.1 Å². The second-order valence-electron chi connectivity index (χ2n) is 4.49. The summed E-state index contributed by atoms with van der Waals surface area (Å²) in [5.41, 5.74) is 4.98. The lowest BCUT2D eigenvalue weighted by Crippen LogP contribution is -1.79. The predicted molar refractivity (Wildman–Crippen MR) is 81.5 cm³/mol. The fourth-order valence-corrected chi connectivity index (χ4v) is 2.12. The van der Waals surface area contributed by atoms with Crippen LogP contribution in [-0.2, 0) is 0 Å². The van der Waals surface area contributed by atoms with Gasteiger partial charge >= 0.3 is 0 Å². The van der Waals surface area contributed by atoms with Crippen molar-refractivity contribution in [2.24, 2.45) is 4.99 Å². The van der Waals surface area contributed by atoms with E-state index in [1.807, 2.05) is 36.5 Å². The number of benzene rings is 1. The first-order valence-electron chi connectivity index (χ1n) is 6.39. The third kappa shape index (κ3) is 2.43. The summed E-state index contributed by atoms with van der Waals surface area (Å²) in [6.45, 7) is 0. The molecule has 0 atom stereocenters. The highest BCUT2D eigenvalue weighted by molar-refractivity contribution is 5.93. The van der Waals surface area contributed by atoms with E-state index in [2.05, 4.69) is 35.3 Å². The fraction of sp³-hybridized carbons (Fsp3) is 0. The van der Waals surface area contributed by atoms with Crippen molar-refractivity contribution >= 4 is 11.9 Å². The van der Waals surface area contributed by atoms with Crippen molar-refractivity contribution < 1.29 is 0 Å². The van der Waals surface area contributed by atoms with Crippen molar-refractivity contribution in [1.82, 2.24) is 0 Å². The number of fused-ring (bicyclic) bond motifs is 1. The van der Waals surface area contributed by atoms with Crippen LogP contribution in [0.25, 0.3) is 11.1 Å². The van der Waals surface area contributed by atoms with Crippen LogP contribution in [0.2, 0.25) is 0 Å². The van der Waals surface area contributed by atoms with E-state index in [9.17, 15) is 0 Å². The Morgan fingerprint density at radius 1 is 0.850 bits per heavy atom. The van der Waals surface area contributed by atoms with Gasteiger partial charge in [-0.15, -0.1) is 0 Å². The molecule has 0 bridgehead atoms. The number of hydrogen-bond acceptors (Lipinski definition) is 2. The van der Waals surface area contributed by atoms with Crippen LogP contribution in [0.4, 0.5) is 5.69 Å². The summed E-state index contributed by atoms with van der Waals surface area (Å²) in [6, 6.07) is 23.8. The topological polar surface area (TPSA) is 36.1 Å². The standard InChI is InChI=1S/C18H12N2/c19-12-14-6-10-17(11-7-14)20-13-16-9-8-15-4-2-1-3-5-18(15)16/h1-11,13H. The number of nitrogens with zero attached hydrogens (tertiary/aromatic N) is 2. The molecule has 20 heavy (non-hydrogen) atoms. The summed E-state index contributed by atoms with van der Waals surface area (Å²) in [4.78, 5) is 4.46. The Bertz CT molecular complexity index is 764. The zero-order valence-electron chi connectivity index (χ0n) is 10.8. The van der Waals surface area contributed by atoms with Crippen LogP contribution in [-0.4, -0.2) is 6.21 Å². The molecule has 0 spiro atoms. The molecule has 1 aromatic carbocycles. The summed E-state index contributed by atoms with van der Waals surface area (Å²) >= 11 is 0. The molecule has 0 saturated carbocycles. The first-order valence-corrected chi connectivity index (χ1v) is 6.39. The van der Waals surface area contributed by atoms with Crippen LogP contribution < -0.4 is 0 Å². The van der Waals surface area contributed by atoms with Gasteiger partial charge in [-0.1, -0.05) is 42.5 Å². The van der Waals surface area contributed by atoms with E-state index < -0.39 is 0 Å².